The summed E-state index contributed by atoms with van der Waals surface area (Å²) in [7, 11) is 1.56. The predicted octanol–water partition coefficient (Wildman–Crippen LogP) is -0.606. The molecule has 0 aliphatic rings. The summed E-state index contributed by atoms with van der Waals surface area (Å²) in [6.07, 6.45) is 0. The lowest BCUT2D eigenvalue weighted by molar-refractivity contribution is 0.214. The Kier molecular flexibility index (Phi) is 4.59. The molecule has 6 nitrogen and oxygen atoms in total. The van der Waals surface area contributed by atoms with Gasteiger partial charge in [0.15, 0.2) is 5.84 Å². The van der Waals surface area contributed by atoms with Crippen LogP contribution in [0.3, 0.4) is 0 Å². The van der Waals surface area contributed by atoms with E-state index in [4.69, 9.17) is 10.9 Å². The van der Waals surface area contributed by atoms with E-state index in [2.05, 4.69) is 10.5 Å². The topological polar surface area (TPSA) is 91.0 Å². The van der Waals surface area contributed by atoms with Crippen molar-refractivity contribution in [3.8, 4) is 0 Å². The molecule has 4 N–H and O–H groups in total. The number of nitrogens with two attached hydrogens (primary N) is 1. The number of amidine groups is 1. The van der Waals surface area contributed by atoms with Crippen LogP contribution in [0, 0.1) is 0 Å². The molecule has 0 aromatic rings. The molecule has 12 heavy (non-hydrogen) atoms. The lowest BCUT2D eigenvalue weighted by atomic mass is 10.5. The maximum atomic E-state index is 11.0. The molecule has 0 bridgehead atoms. The maximum Gasteiger partial charge on any atom is 0.317 e. The van der Waals surface area contributed by atoms with E-state index in [1.165, 1.54) is 4.90 Å². The number of carbonyl (C=O) groups is 1. The first kappa shape index (κ1) is 10.5. The molecule has 0 heterocycles. The Morgan fingerprint density at radius 2 is 2.33 bits per heavy atom. The molecule has 6 heteroatoms. The van der Waals surface area contributed by atoms with Crippen molar-refractivity contribution in [3.05, 3.63) is 0 Å². The molecule has 0 saturated heterocycles. The number of likely N-dealkylation sites (N-methyl/N-ethyl adjacent to an activating group) is 1. The summed E-state index contributed by atoms with van der Waals surface area (Å²) < 4.78 is 0. The van der Waals surface area contributed by atoms with Crippen molar-refractivity contribution in [3.63, 3.8) is 0 Å². The third-order valence-electron chi connectivity index (χ3n) is 1.20. The zero-order valence-corrected chi connectivity index (χ0v) is 7.24. The van der Waals surface area contributed by atoms with Crippen molar-refractivity contribution >= 4 is 11.9 Å². The number of rotatable bonds is 3. The second kappa shape index (κ2) is 5.22. The number of urea groups is 1. The normalized spacial score (nSPS) is 11.0. The van der Waals surface area contributed by atoms with Crippen molar-refractivity contribution in [2.75, 3.05) is 20.1 Å². The van der Waals surface area contributed by atoms with Gasteiger partial charge in [0, 0.05) is 13.6 Å². The summed E-state index contributed by atoms with van der Waals surface area (Å²) in [4.78, 5) is 12.3. The number of hydrogen-bond acceptors (Lipinski definition) is 3. The first-order valence-electron chi connectivity index (χ1n) is 3.57. The van der Waals surface area contributed by atoms with Gasteiger partial charge in [-0.25, -0.2) is 4.79 Å². The summed E-state index contributed by atoms with van der Waals surface area (Å²) in [5, 5.41) is 13.5. The van der Waals surface area contributed by atoms with Crippen LogP contribution in [0.4, 0.5) is 4.79 Å². The van der Waals surface area contributed by atoms with Crippen LogP contribution in [-0.4, -0.2) is 42.1 Å². The minimum absolute atomic E-state index is 0.00348. The largest absolute Gasteiger partial charge is 0.409 e. The number of carbonyl (C=O) groups excluding carboxylic acids is 1. The number of nitrogens with one attached hydrogen (secondary N) is 1. The summed E-state index contributed by atoms with van der Waals surface area (Å²) in [6, 6.07) is -0.246. The van der Waals surface area contributed by atoms with Crippen LogP contribution in [0.15, 0.2) is 5.16 Å². The fourth-order valence-electron chi connectivity index (χ4n) is 0.633. The van der Waals surface area contributed by atoms with E-state index in [9.17, 15) is 4.79 Å². The van der Waals surface area contributed by atoms with Gasteiger partial charge in [-0.15, -0.1) is 0 Å². The average molecular weight is 174 g/mol. The molecule has 70 valence electrons. The molecule has 0 aliphatic heterocycles. The lowest BCUT2D eigenvalue weighted by Crippen LogP contribution is -2.41. The molecule has 0 rings (SSSR count). The van der Waals surface area contributed by atoms with E-state index >= 15 is 0 Å². The molecular weight excluding hydrogens is 160 g/mol. The molecular formula is C6H14N4O2. The predicted molar refractivity (Wildman–Crippen MR) is 45.1 cm³/mol. The van der Waals surface area contributed by atoms with Crippen LogP contribution in [0.25, 0.3) is 0 Å². The fourth-order valence-corrected chi connectivity index (χ4v) is 0.633. The van der Waals surface area contributed by atoms with Crippen LogP contribution in [-0.2, 0) is 0 Å². The second-order valence-electron chi connectivity index (χ2n) is 2.28. The molecule has 0 aromatic carbocycles. The van der Waals surface area contributed by atoms with Gasteiger partial charge in [0.2, 0.25) is 0 Å². The maximum absolute atomic E-state index is 11.0. The fraction of sp³-hybridized carbons (Fsp3) is 0.667. The number of amides is 2. The zero-order valence-electron chi connectivity index (χ0n) is 7.24. The van der Waals surface area contributed by atoms with E-state index in [1.807, 2.05) is 6.92 Å². The van der Waals surface area contributed by atoms with Crippen LogP contribution in [0.5, 0.6) is 0 Å². The third-order valence-corrected chi connectivity index (χ3v) is 1.20. The van der Waals surface area contributed by atoms with E-state index in [0.29, 0.717) is 6.54 Å². The number of oxime groups is 1. The highest BCUT2D eigenvalue weighted by molar-refractivity contribution is 5.86. The van der Waals surface area contributed by atoms with Gasteiger partial charge in [-0.2, -0.15) is 0 Å². The van der Waals surface area contributed by atoms with Gasteiger partial charge in [-0.3, -0.25) is 0 Å². The molecule has 0 spiro atoms. The minimum atomic E-state index is -0.246. The summed E-state index contributed by atoms with van der Waals surface area (Å²) in [6.45, 7) is 2.48. The van der Waals surface area contributed by atoms with Gasteiger partial charge >= 0.3 is 6.03 Å². The molecule has 2 amide bonds. The van der Waals surface area contributed by atoms with Crippen LogP contribution in [0.2, 0.25) is 0 Å². The molecule has 0 atom stereocenters. The standard InChI is InChI=1S/C6H14N4O2/c1-3-8-6(11)10(2)4-5(7)9-12/h12H,3-4H2,1-2H3,(H2,7,9)(H,8,11). The van der Waals surface area contributed by atoms with Crippen molar-refractivity contribution in [1.29, 1.82) is 0 Å². The van der Waals surface area contributed by atoms with E-state index in [1.54, 1.807) is 7.05 Å². The Morgan fingerprint density at radius 1 is 1.75 bits per heavy atom. The van der Waals surface area contributed by atoms with Gasteiger partial charge in [0.05, 0.1) is 6.54 Å². The summed E-state index contributed by atoms with van der Waals surface area (Å²) in [5.74, 6) is 0.00348. The van der Waals surface area contributed by atoms with Gasteiger partial charge < -0.3 is 21.2 Å². The number of hydrogen-bond donors (Lipinski definition) is 3. The molecule has 0 radical (unpaired) electrons. The molecule has 0 unspecified atom stereocenters. The monoisotopic (exact) mass is 174 g/mol. The highest BCUT2D eigenvalue weighted by atomic mass is 16.4. The highest BCUT2D eigenvalue weighted by Crippen LogP contribution is 1.83. The first-order valence-corrected chi connectivity index (χ1v) is 3.57. The van der Waals surface area contributed by atoms with E-state index in [-0.39, 0.29) is 18.4 Å². The third kappa shape index (κ3) is 3.65. The second-order valence-corrected chi connectivity index (χ2v) is 2.28. The lowest BCUT2D eigenvalue weighted by Gasteiger charge is -2.15. The van der Waals surface area contributed by atoms with Gasteiger partial charge in [0.1, 0.15) is 0 Å². The minimum Gasteiger partial charge on any atom is -0.409 e. The Morgan fingerprint density at radius 3 is 2.75 bits per heavy atom. The van der Waals surface area contributed by atoms with Crippen LogP contribution >= 0.6 is 0 Å². The summed E-state index contributed by atoms with van der Waals surface area (Å²) in [5.41, 5.74) is 5.19. The Balaban J connectivity index is 3.86. The van der Waals surface area contributed by atoms with Crippen molar-refractivity contribution in [2.24, 2.45) is 10.9 Å². The van der Waals surface area contributed by atoms with Crippen molar-refractivity contribution in [1.82, 2.24) is 10.2 Å². The zero-order chi connectivity index (χ0) is 9.56. The quantitative estimate of drug-likeness (QED) is 0.231. The van der Waals surface area contributed by atoms with E-state index in [0.717, 1.165) is 0 Å². The highest BCUT2D eigenvalue weighted by Gasteiger charge is 2.07. The van der Waals surface area contributed by atoms with Crippen molar-refractivity contribution < 1.29 is 10.0 Å². The SMILES string of the molecule is CCNC(=O)N(C)CC(N)=NO. The van der Waals surface area contributed by atoms with Crippen LogP contribution < -0.4 is 11.1 Å². The van der Waals surface area contributed by atoms with Crippen LogP contribution in [0.1, 0.15) is 6.92 Å². The molecule has 0 saturated carbocycles. The van der Waals surface area contributed by atoms with Gasteiger partial charge in [-0.05, 0) is 6.92 Å². The molecule has 0 aromatic heterocycles. The van der Waals surface area contributed by atoms with E-state index < -0.39 is 0 Å². The smallest absolute Gasteiger partial charge is 0.317 e. The average Bonchev–Trinajstić information content (AvgIpc) is 2.04. The molecule has 0 fully saturated rings. The Labute approximate surface area is 71.0 Å². The first-order chi connectivity index (χ1) is 5.61. The van der Waals surface area contributed by atoms with Gasteiger partial charge in [-0.1, -0.05) is 5.16 Å². The number of nitrogens with zero attached hydrogens (tertiary/aromatic N) is 2. The van der Waals surface area contributed by atoms with Gasteiger partial charge in [0.25, 0.3) is 0 Å². The van der Waals surface area contributed by atoms with Crippen molar-refractivity contribution in [2.45, 2.75) is 6.92 Å². The molecule has 0 aliphatic carbocycles. The Hall–Kier alpha value is -1.46. The summed E-state index contributed by atoms with van der Waals surface area (Å²) >= 11 is 0. The Bertz CT molecular complexity index is 180.